The van der Waals surface area contributed by atoms with Crippen molar-refractivity contribution < 1.29 is 19.1 Å². The minimum absolute atomic E-state index is 0.175. The topological polar surface area (TPSA) is 64.6 Å². The third-order valence-corrected chi connectivity index (χ3v) is 4.79. The highest BCUT2D eigenvalue weighted by Gasteiger charge is 2.26. The summed E-state index contributed by atoms with van der Waals surface area (Å²) >= 11 is 0. The van der Waals surface area contributed by atoms with Crippen LogP contribution in [0.4, 0.5) is 0 Å². The molecule has 1 aromatic rings. The first-order valence-electron chi connectivity index (χ1n) is 9.06. The molecule has 138 valence electrons. The van der Waals surface area contributed by atoms with Crippen LogP contribution in [0.2, 0.25) is 0 Å². The number of hydrogen-bond donors (Lipinski definition) is 1. The van der Waals surface area contributed by atoms with Gasteiger partial charge in [-0.25, -0.2) is 4.79 Å². The second kappa shape index (κ2) is 8.88. The van der Waals surface area contributed by atoms with Gasteiger partial charge < -0.3 is 14.8 Å². The predicted octanol–water partition coefficient (Wildman–Crippen LogP) is 3.31. The largest absolute Gasteiger partial charge is 0.482 e. The highest BCUT2D eigenvalue weighted by atomic mass is 16.6. The fourth-order valence-corrected chi connectivity index (χ4v) is 3.21. The Morgan fingerprint density at radius 3 is 2.64 bits per heavy atom. The van der Waals surface area contributed by atoms with Gasteiger partial charge in [-0.1, -0.05) is 37.5 Å². The zero-order valence-corrected chi connectivity index (χ0v) is 15.6. The summed E-state index contributed by atoms with van der Waals surface area (Å²) < 4.78 is 10.7. The van der Waals surface area contributed by atoms with Crippen molar-refractivity contribution in [2.24, 2.45) is 5.92 Å². The van der Waals surface area contributed by atoms with Gasteiger partial charge in [0.05, 0.1) is 0 Å². The van der Waals surface area contributed by atoms with E-state index in [1.54, 1.807) is 6.92 Å². The number of ether oxygens (including phenoxy) is 2. The Kier molecular flexibility index (Phi) is 6.85. The van der Waals surface area contributed by atoms with Gasteiger partial charge in [0, 0.05) is 6.04 Å². The Labute approximate surface area is 150 Å². The number of benzene rings is 1. The summed E-state index contributed by atoms with van der Waals surface area (Å²) in [6.07, 6.45) is 3.65. The van der Waals surface area contributed by atoms with Crippen molar-refractivity contribution in [1.82, 2.24) is 5.32 Å². The number of aryl methyl sites for hydroxylation is 2. The van der Waals surface area contributed by atoms with E-state index in [0.29, 0.717) is 11.7 Å². The van der Waals surface area contributed by atoms with Crippen molar-refractivity contribution in [2.75, 3.05) is 6.61 Å². The van der Waals surface area contributed by atoms with Crippen LogP contribution in [0.1, 0.15) is 50.7 Å². The molecule has 5 heteroatoms. The number of carbonyl (C=O) groups excluding carboxylic acids is 2. The third kappa shape index (κ3) is 5.76. The second-order valence-electron chi connectivity index (χ2n) is 7.07. The molecule has 0 radical (unpaired) electrons. The lowest BCUT2D eigenvalue weighted by Gasteiger charge is -2.30. The molecule has 1 aliphatic carbocycles. The molecule has 0 heterocycles. The first-order chi connectivity index (χ1) is 11.9. The quantitative estimate of drug-likeness (QED) is 0.802. The van der Waals surface area contributed by atoms with Crippen LogP contribution in [0.5, 0.6) is 5.75 Å². The fourth-order valence-electron chi connectivity index (χ4n) is 3.21. The van der Waals surface area contributed by atoms with Gasteiger partial charge in [0.2, 0.25) is 0 Å². The second-order valence-corrected chi connectivity index (χ2v) is 7.07. The summed E-state index contributed by atoms with van der Waals surface area (Å²) in [5.74, 6) is 0.335. The monoisotopic (exact) mass is 347 g/mol. The molecule has 1 aromatic carbocycles. The van der Waals surface area contributed by atoms with Crippen LogP contribution in [0.3, 0.4) is 0 Å². The number of nitrogens with one attached hydrogen (secondary N) is 1. The number of rotatable bonds is 6. The van der Waals surface area contributed by atoms with Crippen LogP contribution < -0.4 is 10.1 Å². The molecule has 0 aliphatic heterocycles. The van der Waals surface area contributed by atoms with Gasteiger partial charge in [0.1, 0.15) is 5.75 Å². The number of amides is 1. The maximum absolute atomic E-state index is 12.2. The van der Waals surface area contributed by atoms with E-state index in [1.807, 2.05) is 32.0 Å². The lowest BCUT2D eigenvalue weighted by atomic mass is 9.86. The molecule has 2 rings (SSSR count). The van der Waals surface area contributed by atoms with E-state index in [1.165, 1.54) is 6.42 Å². The van der Waals surface area contributed by atoms with Crippen LogP contribution in [0.25, 0.3) is 0 Å². The molecule has 1 saturated carbocycles. The highest BCUT2D eigenvalue weighted by molar-refractivity contribution is 5.83. The number of esters is 1. The SMILES string of the molecule is Cc1ccc(OCC(=O)O[C@H](C)C(=O)N[C@@H]2CCCC[C@@H]2C)c(C)c1. The standard InChI is InChI=1S/C20H29NO4/c1-13-9-10-18(15(3)11-13)24-12-19(22)25-16(4)20(23)21-17-8-6-5-7-14(17)2/h9-11,14,16-17H,5-8,12H2,1-4H3,(H,21,23)/t14-,16+,17+/m0/s1. The fraction of sp³-hybridized carbons (Fsp3) is 0.600. The van der Waals surface area contributed by atoms with Crippen LogP contribution in [-0.4, -0.2) is 30.6 Å². The predicted molar refractivity (Wildman–Crippen MR) is 96.5 cm³/mol. The Hall–Kier alpha value is -2.04. The van der Waals surface area contributed by atoms with E-state index in [2.05, 4.69) is 12.2 Å². The maximum atomic E-state index is 12.2. The molecule has 1 aliphatic rings. The lowest BCUT2D eigenvalue weighted by molar-refractivity contribution is -0.157. The Morgan fingerprint density at radius 1 is 1.24 bits per heavy atom. The summed E-state index contributed by atoms with van der Waals surface area (Å²) in [5, 5.41) is 3.01. The number of hydrogen-bond acceptors (Lipinski definition) is 4. The van der Waals surface area contributed by atoms with E-state index in [0.717, 1.165) is 30.4 Å². The smallest absolute Gasteiger partial charge is 0.344 e. The van der Waals surface area contributed by atoms with Gasteiger partial charge in [0.15, 0.2) is 12.7 Å². The van der Waals surface area contributed by atoms with Crippen LogP contribution >= 0.6 is 0 Å². The van der Waals surface area contributed by atoms with Gasteiger partial charge in [0.25, 0.3) is 5.91 Å². The molecule has 5 nitrogen and oxygen atoms in total. The molecule has 1 fully saturated rings. The molecule has 0 spiro atoms. The molecule has 1 amide bonds. The van der Waals surface area contributed by atoms with Crippen molar-refractivity contribution >= 4 is 11.9 Å². The molecule has 0 bridgehead atoms. The van der Waals surface area contributed by atoms with E-state index < -0.39 is 12.1 Å². The number of carbonyl (C=O) groups is 2. The normalized spacial score (nSPS) is 21.3. The summed E-state index contributed by atoms with van der Waals surface area (Å²) in [4.78, 5) is 24.2. The summed E-state index contributed by atoms with van der Waals surface area (Å²) in [6, 6.07) is 5.92. The molecule has 25 heavy (non-hydrogen) atoms. The zero-order chi connectivity index (χ0) is 18.4. The highest BCUT2D eigenvalue weighted by Crippen LogP contribution is 2.24. The average molecular weight is 347 g/mol. The van der Waals surface area contributed by atoms with Gasteiger partial charge in [-0.2, -0.15) is 0 Å². The first kappa shape index (κ1) is 19.3. The molecular formula is C20H29NO4. The summed E-state index contributed by atoms with van der Waals surface area (Å²) in [7, 11) is 0. The van der Waals surface area contributed by atoms with Gasteiger partial charge in [-0.15, -0.1) is 0 Å². The zero-order valence-electron chi connectivity index (χ0n) is 15.6. The molecule has 0 saturated heterocycles. The van der Waals surface area contributed by atoms with Crippen molar-refractivity contribution in [1.29, 1.82) is 0 Å². The molecule has 3 atom stereocenters. The van der Waals surface area contributed by atoms with Crippen LogP contribution in [0, 0.1) is 19.8 Å². The van der Waals surface area contributed by atoms with Crippen molar-refractivity contribution in [3.63, 3.8) is 0 Å². The average Bonchev–Trinajstić information content (AvgIpc) is 2.56. The van der Waals surface area contributed by atoms with Crippen LogP contribution in [-0.2, 0) is 14.3 Å². The first-order valence-corrected chi connectivity index (χ1v) is 9.06. The summed E-state index contributed by atoms with van der Waals surface area (Å²) in [5.41, 5.74) is 2.10. The Bertz CT molecular complexity index is 614. The van der Waals surface area contributed by atoms with Crippen LogP contribution in [0.15, 0.2) is 18.2 Å². The molecule has 0 aromatic heterocycles. The summed E-state index contributed by atoms with van der Waals surface area (Å²) in [6.45, 7) is 7.46. The minimum Gasteiger partial charge on any atom is -0.482 e. The van der Waals surface area contributed by atoms with Gasteiger partial charge in [-0.3, -0.25) is 4.79 Å². The Morgan fingerprint density at radius 2 is 1.96 bits per heavy atom. The molecule has 1 N–H and O–H groups in total. The molecular weight excluding hydrogens is 318 g/mol. The Balaban J connectivity index is 1.77. The van der Waals surface area contributed by atoms with Crippen molar-refractivity contribution in [3.8, 4) is 5.75 Å². The van der Waals surface area contributed by atoms with E-state index in [4.69, 9.17) is 9.47 Å². The van der Waals surface area contributed by atoms with E-state index in [-0.39, 0.29) is 18.6 Å². The van der Waals surface area contributed by atoms with Gasteiger partial charge >= 0.3 is 5.97 Å². The lowest BCUT2D eigenvalue weighted by Crippen LogP contribution is -2.46. The van der Waals surface area contributed by atoms with E-state index in [9.17, 15) is 9.59 Å². The minimum atomic E-state index is -0.815. The van der Waals surface area contributed by atoms with Crippen molar-refractivity contribution in [2.45, 2.75) is 65.5 Å². The maximum Gasteiger partial charge on any atom is 0.344 e. The van der Waals surface area contributed by atoms with E-state index >= 15 is 0 Å². The third-order valence-electron chi connectivity index (χ3n) is 4.79. The van der Waals surface area contributed by atoms with Gasteiger partial charge in [-0.05, 0) is 51.2 Å². The molecule has 0 unspecified atom stereocenters. The van der Waals surface area contributed by atoms with Crippen molar-refractivity contribution in [3.05, 3.63) is 29.3 Å².